The fourth-order valence-corrected chi connectivity index (χ4v) is 3.38. The van der Waals surface area contributed by atoms with Crippen LogP contribution in [-0.4, -0.2) is 53.3 Å². The van der Waals surface area contributed by atoms with Crippen molar-refractivity contribution in [1.29, 1.82) is 0 Å². The van der Waals surface area contributed by atoms with Crippen LogP contribution in [-0.2, 0) is 6.42 Å². The number of hydrogen-bond donors (Lipinski definition) is 1. The minimum atomic E-state index is -0.307. The molecule has 3 heterocycles. The molecular formula is C18H24FN3O2. The van der Waals surface area contributed by atoms with Crippen LogP contribution in [0.3, 0.4) is 0 Å². The van der Waals surface area contributed by atoms with Gasteiger partial charge in [0.2, 0.25) is 5.88 Å². The number of methoxy groups -OCH3 is 1. The lowest BCUT2D eigenvalue weighted by Crippen LogP contribution is -2.35. The molecule has 1 fully saturated rings. The van der Waals surface area contributed by atoms with Crippen LogP contribution < -0.4 is 4.74 Å². The van der Waals surface area contributed by atoms with Gasteiger partial charge in [-0.25, -0.2) is 9.37 Å². The molecule has 1 aliphatic rings. The number of likely N-dealkylation sites (tertiary alicyclic amines) is 1. The molecule has 0 amide bonds. The fraction of sp³-hybridized carbons (Fsp3) is 0.556. The van der Waals surface area contributed by atoms with E-state index in [0.29, 0.717) is 34.8 Å². The molecule has 2 aromatic rings. The Morgan fingerprint density at radius 1 is 1.33 bits per heavy atom. The Bertz CT molecular complexity index is 687. The minimum Gasteiger partial charge on any atom is -0.481 e. The highest BCUT2D eigenvalue weighted by Gasteiger charge is 2.19. The molecule has 1 aliphatic heterocycles. The molecule has 0 aromatic carbocycles. The lowest BCUT2D eigenvalue weighted by atomic mass is 9.94. The van der Waals surface area contributed by atoms with Gasteiger partial charge in [0.05, 0.1) is 24.3 Å². The standard InChI is InChI=1S/C18H24FN3O2/c1-24-17-3-2-16-18(21-17)14(15(19)12-20-16)6-10-22-8-4-13(5-9-22)7-11-23/h2-3,12-13,23H,4-11H2,1H3. The van der Waals surface area contributed by atoms with Crippen molar-refractivity contribution < 1.29 is 14.2 Å². The zero-order valence-corrected chi connectivity index (χ0v) is 14.0. The molecule has 24 heavy (non-hydrogen) atoms. The third-order valence-corrected chi connectivity index (χ3v) is 4.87. The van der Waals surface area contributed by atoms with Gasteiger partial charge in [-0.15, -0.1) is 0 Å². The van der Waals surface area contributed by atoms with Crippen LogP contribution in [0.2, 0.25) is 0 Å². The van der Waals surface area contributed by atoms with Gasteiger partial charge in [-0.3, -0.25) is 4.98 Å². The fourth-order valence-electron chi connectivity index (χ4n) is 3.38. The Balaban J connectivity index is 1.70. The van der Waals surface area contributed by atoms with E-state index in [1.807, 2.05) is 6.07 Å². The Hall–Kier alpha value is -1.79. The van der Waals surface area contributed by atoms with Crippen molar-refractivity contribution >= 4 is 11.0 Å². The van der Waals surface area contributed by atoms with Gasteiger partial charge in [0.15, 0.2) is 0 Å². The highest BCUT2D eigenvalue weighted by atomic mass is 19.1. The maximum Gasteiger partial charge on any atom is 0.213 e. The second-order valence-electron chi connectivity index (χ2n) is 6.35. The largest absolute Gasteiger partial charge is 0.481 e. The summed E-state index contributed by atoms with van der Waals surface area (Å²) in [7, 11) is 1.55. The molecule has 5 nitrogen and oxygen atoms in total. The van der Waals surface area contributed by atoms with Crippen LogP contribution in [0.15, 0.2) is 18.3 Å². The minimum absolute atomic E-state index is 0.270. The Morgan fingerprint density at radius 2 is 2.12 bits per heavy atom. The number of piperidine rings is 1. The van der Waals surface area contributed by atoms with Gasteiger partial charge < -0.3 is 14.7 Å². The van der Waals surface area contributed by atoms with E-state index in [2.05, 4.69) is 14.9 Å². The molecule has 0 bridgehead atoms. The number of nitrogens with zero attached hydrogens (tertiary/aromatic N) is 3. The molecule has 0 radical (unpaired) electrons. The van der Waals surface area contributed by atoms with Gasteiger partial charge in [-0.05, 0) is 50.8 Å². The Morgan fingerprint density at radius 3 is 2.83 bits per heavy atom. The van der Waals surface area contributed by atoms with E-state index in [0.717, 1.165) is 38.9 Å². The summed E-state index contributed by atoms with van der Waals surface area (Å²) in [5.74, 6) is 0.787. The number of fused-ring (bicyclic) bond motifs is 1. The van der Waals surface area contributed by atoms with Crippen molar-refractivity contribution in [3.63, 3.8) is 0 Å². The number of aromatic nitrogens is 2. The first-order chi connectivity index (χ1) is 11.7. The maximum atomic E-state index is 14.3. The summed E-state index contributed by atoms with van der Waals surface area (Å²) in [5.41, 5.74) is 1.88. The van der Waals surface area contributed by atoms with Crippen LogP contribution in [0.4, 0.5) is 4.39 Å². The number of hydrogen-bond acceptors (Lipinski definition) is 5. The molecule has 0 aliphatic carbocycles. The van der Waals surface area contributed by atoms with Crippen molar-refractivity contribution in [1.82, 2.24) is 14.9 Å². The summed E-state index contributed by atoms with van der Waals surface area (Å²) in [6.07, 6.45) is 4.98. The molecule has 0 spiro atoms. The smallest absolute Gasteiger partial charge is 0.213 e. The van der Waals surface area contributed by atoms with E-state index in [4.69, 9.17) is 9.84 Å². The lowest BCUT2D eigenvalue weighted by Gasteiger charge is -2.31. The van der Waals surface area contributed by atoms with Gasteiger partial charge in [0.1, 0.15) is 5.82 Å². The van der Waals surface area contributed by atoms with Crippen LogP contribution in [0.1, 0.15) is 24.8 Å². The zero-order valence-electron chi connectivity index (χ0n) is 14.0. The van der Waals surface area contributed by atoms with Crippen molar-refractivity contribution in [2.45, 2.75) is 25.7 Å². The Labute approximate surface area is 141 Å². The van der Waals surface area contributed by atoms with Crippen molar-refractivity contribution in [3.8, 4) is 5.88 Å². The van der Waals surface area contributed by atoms with Crippen LogP contribution in [0.5, 0.6) is 5.88 Å². The normalized spacial score (nSPS) is 16.6. The monoisotopic (exact) mass is 333 g/mol. The van der Waals surface area contributed by atoms with Crippen LogP contribution in [0, 0.1) is 11.7 Å². The number of ether oxygens (including phenoxy) is 1. The van der Waals surface area contributed by atoms with Gasteiger partial charge in [-0.2, -0.15) is 0 Å². The molecule has 1 saturated heterocycles. The summed E-state index contributed by atoms with van der Waals surface area (Å²) < 4.78 is 19.4. The number of pyridine rings is 2. The molecular weight excluding hydrogens is 309 g/mol. The molecule has 6 heteroatoms. The second-order valence-corrected chi connectivity index (χ2v) is 6.35. The maximum absolute atomic E-state index is 14.3. The molecule has 1 N–H and O–H groups in total. The quantitative estimate of drug-likeness (QED) is 0.880. The van der Waals surface area contributed by atoms with Gasteiger partial charge in [0, 0.05) is 24.8 Å². The molecule has 0 saturated carbocycles. The van der Waals surface area contributed by atoms with E-state index in [1.54, 1.807) is 13.2 Å². The van der Waals surface area contributed by atoms with Crippen LogP contribution >= 0.6 is 0 Å². The third kappa shape index (κ3) is 3.82. The van der Waals surface area contributed by atoms with Crippen molar-refractivity contribution in [2.24, 2.45) is 5.92 Å². The zero-order chi connectivity index (χ0) is 16.9. The van der Waals surface area contributed by atoms with E-state index < -0.39 is 0 Å². The summed E-state index contributed by atoms with van der Waals surface area (Å²) in [4.78, 5) is 10.9. The van der Waals surface area contributed by atoms with Gasteiger partial charge >= 0.3 is 0 Å². The SMILES string of the molecule is COc1ccc2ncc(F)c(CCN3CCC(CCO)CC3)c2n1. The highest BCUT2D eigenvalue weighted by molar-refractivity contribution is 5.78. The summed E-state index contributed by atoms with van der Waals surface area (Å²) in [5, 5.41) is 9.03. The Kier molecular flexibility index (Phi) is 5.58. The summed E-state index contributed by atoms with van der Waals surface area (Å²) >= 11 is 0. The summed E-state index contributed by atoms with van der Waals surface area (Å²) in [6, 6.07) is 3.55. The first kappa shape index (κ1) is 17.0. The van der Waals surface area contributed by atoms with E-state index in [1.165, 1.54) is 6.20 Å². The predicted octanol–water partition coefficient (Wildman–Crippen LogP) is 2.41. The summed E-state index contributed by atoms with van der Waals surface area (Å²) in [6.45, 7) is 3.09. The van der Waals surface area contributed by atoms with Gasteiger partial charge in [0.25, 0.3) is 0 Å². The lowest BCUT2D eigenvalue weighted by molar-refractivity contribution is 0.159. The molecule has 3 rings (SSSR count). The molecule has 130 valence electrons. The van der Waals surface area contributed by atoms with Crippen LogP contribution in [0.25, 0.3) is 11.0 Å². The molecule has 0 atom stereocenters. The number of aliphatic hydroxyl groups is 1. The third-order valence-electron chi connectivity index (χ3n) is 4.87. The first-order valence-electron chi connectivity index (χ1n) is 8.52. The molecule has 0 unspecified atom stereocenters. The van der Waals surface area contributed by atoms with E-state index in [-0.39, 0.29) is 12.4 Å². The molecule has 2 aromatic heterocycles. The number of halogens is 1. The average molecular weight is 333 g/mol. The predicted molar refractivity (Wildman–Crippen MR) is 90.6 cm³/mol. The highest BCUT2D eigenvalue weighted by Crippen LogP contribution is 2.23. The van der Waals surface area contributed by atoms with Crippen molar-refractivity contribution in [3.05, 3.63) is 29.7 Å². The topological polar surface area (TPSA) is 58.5 Å². The number of aliphatic hydroxyl groups excluding tert-OH is 1. The first-order valence-corrected chi connectivity index (χ1v) is 8.52. The van der Waals surface area contributed by atoms with Crippen molar-refractivity contribution in [2.75, 3.05) is 33.4 Å². The average Bonchev–Trinajstić information content (AvgIpc) is 2.62. The van der Waals surface area contributed by atoms with E-state index >= 15 is 0 Å². The van der Waals surface area contributed by atoms with Gasteiger partial charge in [-0.1, -0.05) is 0 Å². The van der Waals surface area contributed by atoms with E-state index in [9.17, 15) is 4.39 Å². The second kappa shape index (κ2) is 7.85. The number of rotatable bonds is 6.